The summed E-state index contributed by atoms with van der Waals surface area (Å²) in [4.78, 5) is 0. The van der Waals surface area contributed by atoms with Crippen molar-refractivity contribution in [2.75, 3.05) is 0 Å². The van der Waals surface area contributed by atoms with Gasteiger partial charge < -0.3 is 0 Å². The van der Waals surface area contributed by atoms with Gasteiger partial charge in [-0.3, -0.25) is 0 Å². The first-order valence-electron chi connectivity index (χ1n) is 13.1. The zero-order chi connectivity index (χ0) is 23.2. The van der Waals surface area contributed by atoms with Crippen molar-refractivity contribution in [3.8, 4) is 6.07 Å². The van der Waals surface area contributed by atoms with E-state index in [9.17, 15) is 4.39 Å². The number of nitrogens with zero attached hydrogens (tertiary/aromatic N) is 1. The van der Waals surface area contributed by atoms with Crippen LogP contribution in [0.4, 0.5) is 8.78 Å². The Morgan fingerprint density at radius 2 is 1.70 bits per heavy atom. The third-order valence-corrected chi connectivity index (χ3v) is 8.17. The van der Waals surface area contributed by atoms with E-state index >= 15 is 4.39 Å². The summed E-state index contributed by atoms with van der Waals surface area (Å²) in [5.41, 5.74) is 3.58. The lowest BCUT2D eigenvalue weighted by Gasteiger charge is -2.30. The number of unbranched alkanes of at least 4 members (excludes halogenated alkanes) is 4. The molecular weight excluding hydrogens is 412 g/mol. The topological polar surface area (TPSA) is 23.8 Å². The molecule has 0 aliphatic heterocycles. The van der Waals surface area contributed by atoms with Crippen LogP contribution >= 0.6 is 0 Å². The van der Waals surface area contributed by atoms with Crippen molar-refractivity contribution < 1.29 is 8.78 Å². The van der Waals surface area contributed by atoms with Crippen LogP contribution < -0.4 is 0 Å². The molecule has 2 aromatic rings. The summed E-state index contributed by atoms with van der Waals surface area (Å²) in [7, 11) is 0. The summed E-state index contributed by atoms with van der Waals surface area (Å²) in [6.45, 7) is 2.26. The number of rotatable bonds is 8. The molecule has 176 valence electrons. The van der Waals surface area contributed by atoms with E-state index < -0.39 is 0 Å². The summed E-state index contributed by atoms with van der Waals surface area (Å²) < 4.78 is 29.7. The predicted molar refractivity (Wildman–Crippen MR) is 130 cm³/mol. The number of halogens is 2. The molecule has 4 rings (SSSR count). The molecule has 33 heavy (non-hydrogen) atoms. The Bertz CT molecular complexity index is 982. The van der Waals surface area contributed by atoms with Crippen molar-refractivity contribution in [2.45, 2.75) is 102 Å². The number of hydrogen-bond donors (Lipinski definition) is 0. The lowest BCUT2D eigenvalue weighted by molar-refractivity contribution is 0.301. The van der Waals surface area contributed by atoms with Crippen LogP contribution in [0.25, 0.3) is 0 Å². The highest BCUT2D eigenvalue weighted by Crippen LogP contribution is 2.40. The van der Waals surface area contributed by atoms with Crippen molar-refractivity contribution in [2.24, 2.45) is 5.92 Å². The lowest BCUT2D eigenvalue weighted by Crippen LogP contribution is -2.17. The fourth-order valence-electron chi connectivity index (χ4n) is 6.11. The molecular formula is C30H37F2N. The van der Waals surface area contributed by atoms with Crippen LogP contribution in [0.5, 0.6) is 0 Å². The first kappa shape index (κ1) is 23.9. The van der Waals surface area contributed by atoms with E-state index in [1.807, 2.05) is 18.2 Å². The third kappa shape index (κ3) is 5.65. The van der Waals surface area contributed by atoms with Crippen LogP contribution in [0.15, 0.2) is 30.3 Å². The number of nitriles is 1. The van der Waals surface area contributed by atoms with Gasteiger partial charge in [0.2, 0.25) is 0 Å². The van der Waals surface area contributed by atoms with Gasteiger partial charge in [-0.25, -0.2) is 8.78 Å². The van der Waals surface area contributed by atoms with Gasteiger partial charge in [0, 0.05) is 0 Å². The van der Waals surface area contributed by atoms with Gasteiger partial charge in [-0.1, -0.05) is 63.6 Å². The van der Waals surface area contributed by atoms with Crippen molar-refractivity contribution in [1.29, 1.82) is 5.26 Å². The minimum absolute atomic E-state index is 0.0716. The molecule has 0 heterocycles. The highest BCUT2D eigenvalue weighted by molar-refractivity contribution is 5.43. The van der Waals surface area contributed by atoms with Crippen LogP contribution in [0.1, 0.15) is 117 Å². The first-order chi connectivity index (χ1) is 16.1. The summed E-state index contributed by atoms with van der Waals surface area (Å²) >= 11 is 0. The molecule has 1 nitrogen and oxygen atoms in total. The number of benzene rings is 2. The molecule has 0 spiro atoms. The fraction of sp³-hybridized carbons (Fsp3) is 0.567. The smallest absolute Gasteiger partial charge is 0.144 e. The van der Waals surface area contributed by atoms with Gasteiger partial charge in [-0.05, 0) is 97.1 Å². The molecule has 2 aromatic carbocycles. The van der Waals surface area contributed by atoms with Crippen molar-refractivity contribution in [3.05, 3.63) is 69.8 Å². The van der Waals surface area contributed by atoms with Gasteiger partial charge in [-0.15, -0.1) is 0 Å². The second kappa shape index (κ2) is 11.3. The van der Waals surface area contributed by atoms with E-state index in [1.54, 1.807) is 12.1 Å². The van der Waals surface area contributed by atoms with Gasteiger partial charge in [0.1, 0.15) is 17.7 Å². The molecule has 2 aliphatic carbocycles. The summed E-state index contributed by atoms with van der Waals surface area (Å²) in [6.07, 6.45) is 15.0. The molecule has 1 atom stereocenters. The Kier molecular flexibility index (Phi) is 8.18. The molecule has 0 saturated heterocycles. The van der Waals surface area contributed by atoms with Crippen LogP contribution in [-0.2, 0) is 12.8 Å². The van der Waals surface area contributed by atoms with E-state index in [2.05, 4.69) is 13.0 Å². The average molecular weight is 450 g/mol. The molecule has 1 fully saturated rings. The SMILES string of the molecule is CCCCCCCC1CCC(c2ccc(C3CCc4c(ccc(C#N)c4F)C3)c(F)c2)CC1. The molecule has 1 unspecified atom stereocenters. The van der Waals surface area contributed by atoms with E-state index in [4.69, 9.17) is 5.26 Å². The van der Waals surface area contributed by atoms with Crippen molar-refractivity contribution >= 4 is 0 Å². The number of hydrogen-bond acceptors (Lipinski definition) is 1. The minimum atomic E-state index is -0.388. The molecule has 0 radical (unpaired) electrons. The van der Waals surface area contributed by atoms with Crippen LogP contribution in [-0.4, -0.2) is 0 Å². The van der Waals surface area contributed by atoms with Crippen LogP contribution in [0, 0.1) is 28.9 Å². The summed E-state index contributed by atoms with van der Waals surface area (Å²) in [5, 5.41) is 9.06. The van der Waals surface area contributed by atoms with Gasteiger partial charge in [0.15, 0.2) is 0 Å². The molecule has 3 heteroatoms. The second-order valence-electron chi connectivity index (χ2n) is 10.3. The highest BCUT2D eigenvalue weighted by atomic mass is 19.1. The van der Waals surface area contributed by atoms with Crippen LogP contribution in [0.2, 0.25) is 0 Å². The molecule has 2 aliphatic rings. The Hall–Kier alpha value is -2.21. The van der Waals surface area contributed by atoms with Crippen molar-refractivity contribution in [1.82, 2.24) is 0 Å². The normalized spacial score (nSPS) is 22.5. The van der Waals surface area contributed by atoms with E-state index in [1.165, 1.54) is 64.2 Å². The zero-order valence-electron chi connectivity index (χ0n) is 20.0. The quantitative estimate of drug-likeness (QED) is 0.370. The predicted octanol–water partition coefficient (Wildman–Crippen LogP) is 8.74. The minimum Gasteiger partial charge on any atom is -0.207 e. The van der Waals surface area contributed by atoms with Gasteiger partial charge in [0.25, 0.3) is 0 Å². The Morgan fingerprint density at radius 1 is 0.909 bits per heavy atom. The molecule has 0 bridgehead atoms. The summed E-state index contributed by atoms with van der Waals surface area (Å²) in [6, 6.07) is 11.2. The Balaban J connectivity index is 1.34. The Labute approximate surface area is 198 Å². The maximum atomic E-state index is 15.2. The zero-order valence-corrected chi connectivity index (χ0v) is 20.0. The molecule has 1 saturated carbocycles. The Morgan fingerprint density at radius 3 is 2.42 bits per heavy atom. The fourth-order valence-corrected chi connectivity index (χ4v) is 6.11. The highest BCUT2D eigenvalue weighted by Gasteiger charge is 2.27. The molecule has 0 N–H and O–H groups in total. The summed E-state index contributed by atoms with van der Waals surface area (Å²) in [5.74, 6) is 0.919. The molecule has 0 aromatic heterocycles. The standard InChI is InChI=1S/C30H37F2N/c1-2-3-4-5-6-7-21-8-10-22(11-9-21)23-14-16-27(29(31)19-23)24-15-17-28-25(18-24)12-13-26(20-33)30(28)32/h12-14,16,19,21-22,24H,2-11,15,17-18H2,1H3. The van der Waals surface area contributed by atoms with Crippen LogP contribution in [0.3, 0.4) is 0 Å². The average Bonchev–Trinajstić information content (AvgIpc) is 2.84. The van der Waals surface area contributed by atoms with E-state index in [-0.39, 0.29) is 23.1 Å². The third-order valence-electron chi connectivity index (χ3n) is 8.17. The lowest BCUT2D eigenvalue weighted by atomic mass is 9.76. The van der Waals surface area contributed by atoms with Gasteiger partial charge >= 0.3 is 0 Å². The monoisotopic (exact) mass is 449 g/mol. The first-order valence-corrected chi connectivity index (χ1v) is 13.1. The maximum Gasteiger partial charge on any atom is 0.144 e. The van der Waals surface area contributed by atoms with Gasteiger partial charge in [0.05, 0.1) is 5.56 Å². The molecule has 0 amide bonds. The maximum absolute atomic E-state index is 15.2. The van der Waals surface area contributed by atoms with E-state index in [0.29, 0.717) is 24.3 Å². The number of fused-ring (bicyclic) bond motifs is 1. The van der Waals surface area contributed by atoms with Crippen molar-refractivity contribution in [3.63, 3.8) is 0 Å². The largest absolute Gasteiger partial charge is 0.207 e. The second-order valence-corrected chi connectivity index (χ2v) is 10.3. The van der Waals surface area contributed by atoms with Gasteiger partial charge in [-0.2, -0.15) is 5.26 Å². The van der Waals surface area contributed by atoms with E-state index in [0.717, 1.165) is 29.0 Å².